The number of phenols is 1. The Morgan fingerprint density at radius 3 is 2.32 bits per heavy atom. The maximum absolute atomic E-state index is 13.7. The van der Waals surface area contributed by atoms with Crippen LogP contribution < -0.4 is 9.77 Å². The number of nitrogens with zero attached hydrogens (tertiary/aromatic N) is 1. The van der Waals surface area contributed by atoms with Crippen LogP contribution in [0.3, 0.4) is 0 Å². The third-order valence-electron chi connectivity index (χ3n) is 8.27. The number of hydrogen-bond acceptors (Lipinski definition) is 6. The van der Waals surface area contributed by atoms with Gasteiger partial charge in [0.05, 0.1) is 22.5 Å². The number of anilines is 1. The van der Waals surface area contributed by atoms with Crippen molar-refractivity contribution >= 4 is 40.6 Å². The van der Waals surface area contributed by atoms with Crippen molar-refractivity contribution in [1.82, 2.24) is 4.98 Å². The minimum absolute atomic E-state index is 0.0296. The second kappa shape index (κ2) is 7.09. The Balaban J connectivity index is 1.32. The molecule has 4 aliphatic rings. The van der Waals surface area contributed by atoms with Crippen molar-refractivity contribution in [2.45, 2.75) is 29.5 Å². The van der Waals surface area contributed by atoms with Crippen molar-refractivity contribution in [2.75, 3.05) is 4.90 Å². The third kappa shape index (κ3) is 2.66. The van der Waals surface area contributed by atoms with Crippen molar-refractivity contribution in [3.8, 4) is 5.75 Å². The Kier molecular flexibility index (Phi) is 4.28. The molecule has 172 valence electrons. The van der Waals surface area contributed by atoms with E-state index in [1.807, 2.05) is 43.3 Å². The molecule has 1 saturated heterocycles. The quantitative estimate of drug-likeness (QED) is 0.527. The van der Waals surface area contributed by atoms with Crippen molar-refractivity contribution in [3.05, 3.63) is 74.2 Å². The lowest BCUT2D eigenvalue weighted by Gasteiger charge is -2.43. The van der Waals surface area contributed by atoms with Gasteiger partial charge in [-0.1, -0.05) is 41.2 Å². The molecule has 0 unspecified atom stereocenters. The second-order valence-corrected chi connectivity index (χ2v) is 12.1. The lowest BCUT2D eigenvalue weighted by molar-refractivity contribution is -0.123. The third-order valence-corrected chi connectivity index (χ3v) is 10.9. The molecule has 2 N–H and O–H groups in total. The summed E-state index contributed by atoms with van der Waals surface area (Å²) in [5, 5.41) is 10.9. The van der Waals surface area contributed by atoms with Crippen LogP contribution in [0.2, 0.25) is 0 Å². The molecule has 2 amide bonds. The Bertz CT molecular complexity index is 1390. The molecule has 2 aliphatic heterocycles. The number of imide groups is 1. The van der Waals surface area contributed by atoms with Gasteiger partial charge < -0.3 is 10.1 Å². The number of aromatic amines is 1. The largest absolute Gasteiger partial charge is 0.508 e. The summed E-state index contributed by atoms with van der Waals surface area (Å²) in [5.74, 6) is -0.226. The average Bonchev–Trinajstić information content (AvgIpc) is 3.54. The number of thioether (sulfide) groups is 1. The van der Waals surface area contributed by atoms with Gasteiger partial charge in [0.1, 0.15) is 5.75 Å². The molecular formula is C26H22N2O4S2. The minimum Gasteiger partial charge on any atom is -0.508 e. The maximum Gasteiger partial charge on any atom is 0.305 e. The van der Waals surface area contributed by atoms with Crippen LogP contribution in [-0.4, -0.2) is 27.2 Å². The molecule has 3 fully saturated rings. The lowest BCUT2D eigenvalue weighted by Crippen LogP contribution is -2.42. The van der Waals surface area contributed by atoms with Crippen molar-refractivity contribution in [3.63, 3.8) is 0 Å². The predicted octanol–water partition coefficient (Wildman–Crippen LogP) is 4.13. The van der Waals surface area contributed by atoms with Crippen LogP contribution >= 0.6 is 23.1 Å². The Hall–Kier alpha value is -2.84. The number of aromatic nitrogens is 1. The van der Waals surface area contributed by atoms with Gasteiger partial charge in [-0.05, 0) is 60.9 Å². The van der Waals surface area contributed by atoms with E-state index >= 15 is 0 Å². The van der Waals surface area contributed by atoms with E-state index < -0.39 is 0 Å². The number of phenolic OH excluding ortho intramolecular Hbond substituents is 1. The number of rotatable bonds is 2. The fourth-order valence-electron chi connectivity index (χ4n) is 7.02. The maximum atomic E-state index is 13.7. The zero-order chi connectivity index (χ0) is 23.3. The summed E-state index contributed by atoms with van der Waals surface area (Å²) in [7, 11) is 0. The highest BCUT2D eigenvalue weighted by Crippen LogP contribution is 2.68. The summed E-state index contributed by atoms with van der Waals surface area (Å²) in [5.41, 5.74) is 2.78. The highest BCUT2D eigenvalue weighted by Gasteiger charge is 2.69. The van der Waals surface area contributed by atoms with E-state index in [-0.39, 0.29) is 63.2 Å². The SMILES string of the molecule is Cc1ccc(N2C(=O)[C@@H]3[C@H]4C[C@@H]([C@@H]3C2=O)[C@@H]2[C@H](c3ccc(O)cc3)c3sc(=O)[nH]c3S[C@@H]42)cc1. The van der Waals surface area contributed by atoms with Crippen molar-refractivity contribution < 1.29 is 14.7 Å². The van der Waals surface area contributed by atoms with Crippen molar-refractivity contribution in [1.29, 1.82) is 0 Å². The summed E-state index contributed by atoms with van der Waals surface area (Å²) in [6.45, 7) is 1.99. The second-order valence-electron chi connectivity index (χ2n) is 9.90. The first kappa shape index (κ1) is 20.5. The Morgan fingerprint density at radius 1 is 0.941 bits per heavy atom. The Morgan fingerprint density at radius 2 is 1.62 bits per heavy atom. The van der Waals surface area contributed by atoms with E-state index in [0.29, 0.717) is 5.69 Å². The number of H-pyrrole nitrogens is 1. The van der Waals surface area contributed by atoms with Crippen LogP contribution in [0.15, 0.2) is 58.4 Å². The van der Waals surface area contributed by atoms with Crippen LogP contribution in [0.4, 0.5) is 5.69 Å². The molecule has 0 radical (unpaired) electrons. The first-order chi connectivity index (χ1) is 16.4. The average molecular weight is 491 g/mol. The lowest BCUT2D eigenvalue weighted by atomic mass is 9.68. The summed E-state index contributed by atoms with van der Waals surface area (Å²) in [4.78, 5) is 45.0. The van der Waals surface area contributed by atoms with Crippen LogP contribution in [-0.2, 0) is 9.59 Å². The summed E-state index contributed by atoms with van der Waals surface area (Å²) in [6.07, 6.45) is 0.866. The van der Waals surface area contributed by atoms with Crippen LogP contribution in [0, 0.1) is 36.5 Å². The molecule has 0 spiro atoms. The first-order valence-electron chi connectivity index (χ1n) is 11.6. The summed E-state index contributed by atoms with van der Waals surface area (Å²) < 4.78 is 0. The molecule has 8 heteroatoms. The van der Waals surface area contributed by atoms with Gasteiger partial charge >= 0.3 is 4.87 Å². The number of nitrogens with one attached hydrogen (secondary N) is 1. The molecule has 2 aliphatic carbocycles. The van der Waals surface area contributed by atoms with E-state index in [9.17, 15) is 19.5 Å². The number of amides is 2. The predicted molar refractivity (Wildman–Crippen MR) is 130 cm³/mol. The highest BCUT2D eigenvalue weighted by molar-refractivity contribution is 8.00. The van der Waals surface area contributed by atoms with Gasteiger partial charge in [0.15, 0.2) is 0 Å². The van der Waals surface area contributed by atoms with Crippen LogP contribution in [0.1, 0.15) is 28.3 Å². The molecule has 3 aromatic rings. The van der Waals surface area contributed by atoms with Crippen molar-refractivity contribution in [2.24, 2.45) is 29.6 Å². The van der Waals surface area contributed by atoms with Gasteiger partial charge in [0, 0.05) is 16.0 Å². The first-order valence-corrected chi connectivity index (χ1v) is 13.2. The number of hydrogen-bond donors (Lipinski definition) is 2. The molecular weight excluding hydrogens is 468 g/mol. The molecule has 7 atom stereocenters. The zero-order valence-corrected chi connectivity index (χ0v) is 19.9. The molecule has 34 heavy (non-hydrogen) atoms. The van der Waals surface area contributed by atoms with E-state index in [0.717, 1.165) is 27.5 Å². The number of carbonyl (C=O) groups is 2. The van der Waals surface area contributed by atoms with E-state index in [1.54, 1.807) is 23.9 Å². The topological polar surface area (TPSA) is 90.5 Å². The standard InChI is InChI=1S/C26H22N2O4S2/c1-11-2-6-13(7-3-11)28-24(30)19-15-10-16(20(19)25(28)31)21-18(15)17(12-4-8-14(29)9-5-12)22-23(33-21)27-26(32)34-22/h2-9,15-21,29H,10H2,1H3,(H,27,32)/t15-,16-,17+,18-,19+,20-,21+/m1/s1. The fraction of sp³-hybridized carbons (Fsp3) is 0.346. The van der Waals surface area contributed by atoms with Crippen LogP contribution in [0.25, 0.3) is 0 Å². The molecule has 2 saturated carbocycles. The minimum atomic E-state index is -0.308. The monoisotopic (exact) mass is 490 g/mol. The number of fused-ring (bicyclic) bond motifs is 9. The normalized spacial score (nSPS) is 33.2. The number of aryl methyl sites for hydroxylation is 1. The molecule has 2 aromatic carbocycles. The number of carbonyl (C=O) groups excluding carboxylic acids is 2. The molecule has 7 rings (SSSR count). The van der Waals surface area contributed by atoms with E-state index in [1.165, 1.54) is 16.2 Å². The molecule has 2 bridgehead atoms. The summed E-state index contributed by atoms with van der Waals surface area (Å²) in [6, 6.07) is 14.8. The molecule has 6 nitrogen and oxygen atoms in total. The van der Waals surface area contributed by atoms with Crippen LogP contribution in [0.5, 0.6) is 5.75 Å². The number of aromatic hydroxyl groups is 1. The van der Waals surface area contributed by atoms with Gasteiger partial charge in [-0.15, -0.1) is 11.8 Å². The van der Waals surface area contributed by atoms with E-state index in [2.05, 4.69) is 4.98 Å². The smallest absolute Gasteiger partial charge is 0.305 e. The highest BCUT2D eigenvalue weighted by atomic mass is 32.2. The number of benzene rings is 2. The summed E-state index contributed by atoms with van der Waals surface area (Å²) >= 11 is 2.93. The number of thiazole rings is 1. The van der Waals surface area contributed by atoms with Gasteiger partial charge in [-0.25, -0.2) is 0 Å². The van der Waals surface area contributed by atoms with Gasteiger partial charge in [-0.3, -0.25) is 19.3 Å². The van der Waals surface area contributed by atoms with Gasteiger partial charge in [-0.2, -0.15) is 0 Å². The molecule has 3 heterocycles. The van der Waals surface area contributed by atoms with E-state index in [4.69, 9.17) is 0 Å². The zero-order valence-electron chi connectivity index (χ0n) is 18.3. The fourth-order valence-corrected chi connectivity index (χ4v) is 9.91. The Labute approximate surface area is 204 Å². The van der Waals surface area contributed by atoms with Gasteiger partial charge in [0.2, 0.25) is 11.8 Å². The molecule has 1 aromatic heterocycles. The van der Waals surface area contributed by atoms with Gasteiger partial charge in [0.25, 0.3) is 0 Å².